The number of rotatable bonds is 3. The van der Waals surface area contributed by atoms with Gasteiger partial charge in [-0.1, -0.05) is 24.3 Å². The Balaban J connectivity index is 0.000000470. The number of carbonyl (C=O) groups excluding carboxylic acids is 2. The van der Waals surface area contributed by atoms with Crippen molar-refractivity contribution in [1.82, 2.24) is 9.97 Å². The lowest BCUT2D eigenvalue weighted by Crippen LogP contribution is -2.45. The van der Waals surface area contributed by atoms with Crippen LogP contribution in [0.1, 0.15) is 21.5 Å². The van der Waals surface area contributed by atoms with Crippen molar-refractivity contribution in [2.75, 3.05) is 17.3 Å². The van der Waals surface area contributed by atoms with E-state index in [0.717, 1.165) is 17.0 Å². The van der Waals surface area contributed by atoms with Gasteiger partial charge in [-0.05, 0) is 30.3 Å². The van der Waals surface area contributed by atoms with Crippen LogP contribution >= 0.6 is 0 Å². The second kappa shape index (κ2) is 10.3. The number of nitrogens with one attached hydrogen (secondary N) is 2. The molecule has 1 aromatic heterocycles. The van der Waals surface area contributed by atoms with E-state index in [1.807, 2.05) is 0 Å². The molecule has 0 saturated heterocycles. The second-order valence-electron chi connectivity index (χ2n) is 8.19. The fourth-order valence-corrected chi connectivity index (χ4v) is 4.01. The van der Waals surface area contributed by atoms with Crippen LogP contribution in [-0.4, -0.2) is 51.4 Å². The van der Waals surface area contributed by atoms with Crippen LogP contribution in [0, 0.1) is 11.6 Å². The first-order chi connectivity index (χ1) is 18.8. The maximum Gasteiger partial charge on any atom is 0.490 e. The van der Waals surface area contributed by atoms with E-state index in [-0.39, 0.29) is 28.3 Å². The smallest absolute Gasteiger partial charge is 0.475 e. The van der Waals surface area contributed by atoms with Crippen LogP contribution in [0.4, 0.5) is 38.4 Å². The minimum Gasteiger partial charge on any atom is -0.475 e. The van der Waals surface area contributed by atoms with Crippen LogP contribution in [0.15, 0.2) is 60.7 Å². The summed E-state index contributed by atoms with van der Waals surface area (Å²) in [5.41, 5.74) is -0.330. The maximum absolute atomic E-state index is 14.0. The van der Waals surface area contributed by atoms with E-state index in [0.29, 0.717) is 11.0 Å². The minimum atomic E-state index is -5.08. The summed E-state index contributed by atoms with van der Waals surface area (Å²) in [4.78, 5) is 41.8. The predicted octanol–water partition coefficient (Wildman–Crippen LogP) is 4.51. The Morgan fingerprint density at radius 2 is 1.73 bits per heavy atom. The number of nitrogens with zero attached hydrogens (tertiary/aromatic N) is 2. The highest BCUT2D eigenvalue weighted by molar-refractivity contribution is 6.12. The Bertz CT molecular complexity index is 1640. The highest BCUT2D eigenvalue weighted by atomic mass is 19.4. The average molecular weight is 564 g/mol. The van der Waals surface area contributed by atoms with Crippen molar-refractivity contribution in [2.24, 2.45) is 0 Å². The summed E-state index contributed by atoms with van der Waals surface area (Å²) in [5, 5.41) is 21.5. The molecule has 0 aliphatic carbocycles. The van der Waals surface area contributed by atoms with Gasteiger partial charge in [0.05, 0.1) is 23.8 Å². The van der Waals surface area contributed by atoms with E-state index >= 15 is 0 Å². The number of benzene rings is 3. The molecule has 0 saturated carbocycles. The number of halogens is 5. The molecule has 1 unspecified atom stereocenters. The lowest BCUT2D eigenvalue weighted by molar-refractivity contribution is -0.192. The third-order valence-electron chi connectivity index (χ3n) is 5.75. The van der Waals surface area contributed by atoms with Gasteiger partial charge in [0.25, 0.3) is 5.91 Å². The number of imidazole rings is 1. The number of fused-ring (bicyclic) bond motifs is 2. The number of H-pyrrole nitrogens is 1. The number of carbonyl (C=O) groups is 3. The van der Waals surface area contributed by atoms with Crippen LogP contribution in [0.3, 0.4) is 0 Å². The van der Waals surface area contributed by atoms with E-state index in [2.05, 4.69) is 20.0 Å². The number of carboxylic acid groups (broad SMARTS) is 1. The van der Waals surface area contributed by atoms with E-state index in [1.165, 1.54) is 13.2 Å². The molecule has 5 rings (SSSR count). The van der Waals surface area contributed by atoms with Crippen molar-refractivity contribution < 1.29 is 51.3 Å². The van der Waals surface area contributed by atoms with Gasteiger partial charge < -0.3 is 19.9 Å². The van der Waals surface area contributed by atoms with Crippen molar-refractivity contribution in [3.05, 3.63) is 89.0 Å². The molecular formula is C25H17F5N4O6. The topological polar surface area (TPSA) is 145 Å². The number of methoxy groups -OCH3 is 1. The number of amides is 2. The average Bonchev–Trinajstić information content (AvgIpc) is 3.41. The Kier molecular flexibility index (Phi) is 7.17. The molecule has 4 aromatic rings. The maximum atomic E-state index is 14.0. The fraction of sp³-hybridized carbons (Fsp3) is 0.120. The summed E-state index contributed by atoms with van der Waals surface area (Å²) in [6.07, 6.45) is -5.80. The molecule has 4 N–H and O–H groups in total. The van der Waals surface area contributed by atoms with E-state index in [9.17, 15) is 36.6 Å². The zero-order chi connectivity index (χ0) is 29.4. The SMILES string of the molecule is COC(=O)Nc1nc2ccc(C3(O)c4ccccc4C(=O)N3c3ccc(F)c(F)c3)cc2[nH]1.O=C(O)C(F)(F)F. The van der Waals surface area contributed by atoms with Gasteiger partial charge in [-0.25, -0.2) is 23.4 Å². The first kappa shape index (κ1) is 28.0. The van der Waals surface area contributed by atoms with Gasteiger partial charge in [0.2, 0.25) is 5.95 Å². The molecule has 1 aliphatic heterocycles. The number of aromatic amines is 1. The third-order valence-corrected chi connectivity index (χ3v) is 5.75. The largest absolute Gasteiger partial charge is 0.490 e. The van der Waals surface area contributed by atoms with Gasteiger partial charge in [0, 0.05) is 22.8 Å². The number of aromatic nitrogens is 2. The van der Waals surface area contributed by atoms with Crippen molar-refractivity contribution in [3.63, 3.8) is 0 Å². The molecule has 0 radical (unpaired) electrons. The van der Waals surface area contributed by atoms with Crippen LogP contribution < -0.4 is 10.2 Å². The van der Waals surface area contributed by atoms with Gasteiger partial charge in [-0.15, -0.1) is 0 Å². The number of aliphatic hydroxyl groups is 1. The van der Waals surface area contributed by atoms with Crippen molar-refractivity contribution in [2.45, 2.75) is 11.9 Å². The fourth-order valence-electron chi connectivity index (χ4n) is 4.01. The minimum absolute atomic E-state index is 0.0182. The van der Waals surface area contributed by atoms with Crippen LogP contribution in [0.2, 0.25) is 0 Å². The Morgan fingerprint density at radius 1 is 1.05 bits per heavy atom. The first-order valence-electron chi connectivity index (χ1n) is 11.0. The number of ether oxygens (including phenoxy) is 1. The predicted molar refractivity (Wildman–Crippen MR) is 128 cm³/mol. The van der Waals surface area contributed by atoms with Gasteiger partial charge in [0.1, 0.15) is 0 Å². The zero-order valence-electron chi connectivity index (χ0n) is 20.1. The number of carboxylic acids is 1. The van der Waals surface area contributed by atoms with Crippen LogP contribution in [0.25, 0.3) is 11.0 Å². The molecule has 2 heterocycles. The molecule has 208 valence electrons. The zero-order valence-corrected chi connectivity index (χ0v) is 20.1. The molecule has 10 nitrogen and oxygen atoms in total. The number of aliphatic carboxylic acids is 1. The summed E-state index contributed by atoms with van der Waals surface area (Å²) in [6.45, 7) is 0. The molecular weight excluding hydrogens is 547 g/mol. The normalized spacial score (nSPS) is 16.3. The Labute approximate surface area is 220 Å². The lowest BCUT2D eigenvalue weighted by atomic mass is 9.93. The Morgan fingerprint density at radius 3 is 2.35 bits per heavy atom. The third kappa shape index (κ3) is 5.01. The molecule has 15 heteroatoms. The van der Waals surface area contributed by atoms with Gasteiger partial charge in [0.15, 0.2) is 17.4 Å². The monoisotopic (exact) mass is 564 g/mol. The molecule has 0 bridgehead atoms. The number of alkyl halides is 3. The van der Waals surface area contributed by atoms with Crippen molar-refractivity contribution in [1.29, 1.82) is 0 Å². The second-order valence-corrected chi connectivity index (χ2v) is 8.19. The Hall–Kier alpha value is -5.05. The van der Waals surface area contributed by atoms with Crippen LogP contribution in [-0.2, 0) is 15.3 Å². The summed E-state index contributed by atoms with van der Waals surface area (Å²) < 4.78 is 63.9. The summed E-state index contributed by atoms with van der Waals surface area (Å²) >= 11 is 0. The molecule has 40 heavy (non-hydrogen) atoms. The molecule has 2 amide bonds. The molecule has 1 atom stereocenters. The van der Waals surface area contributed by atoms with Crippen molar-refractivity contribution in [3.8, 4) is 0 Å². The van der Waals surface area contributed by atoms with E-state index in [1.54, 1.807) is 42.5 Å². The lowest BCUT2D eigenvalue weighted by Gasteiger charge is -2.35. The first-order valence-corrected chi connectivity index (χ1v) is 11.0. The van der Waals surface area contributed by atoms with Crippen LogP contribution in [0.5, 0.6) is 0 Å². The van der Waals surface area contributed by atoms with E-state index < -0.39 is 41.5 Å². The summed E-state index contributed by atoms with van der Waals surface area (Å²) in [7, 11) is 1.22. The molecule has 0 spiro atoms. The number of hydrogen-bond acceptors (Lipinski definition) is 6. The summed E-state index contributed by atoms with van der Waals surface area (Å²) in [5.74, 6) is -5.43. The van der Waals surface area contributed by atoms with Gasteiger partial charge in [-0.3, -0.25) is 15.0 Å². The highest BCUT2D eigenvalue weighted by Crippen LogP contribution is 2.45. The van der Waals surface area contributed by atoms with Gasteiger partial charge >= 0.3 is 18.2 Å². The van der Waals surface area contributed by atoms with Gasteiger partial charge in [-0.2, -0.15) is 13.2 Å². The molecule has 3 aromatic carbocycles. The number of hydrogen-bond donors (Lipinski definition) is 4. The summed E-state index contributed by atoms with van der Waals surface area (Å²) in [6, 6.07) is 14.1. The quantitative estimate of drug-likeness (QED) is 0.268. The molecule has 1 aliphatic rings. The highest BCUT2D eigenvalue weighted by Gasteiger charge is 2.51. The van der Waals surface area contributed by atoms with E-state index in [4.69, 9.17) is 9.90 Å². The number of anilines is 2. The van der Waals surface area contributed by atoms with Crippen molar-refractivity contribution >= 4 is 40.6 Å². The standard InChI is InChI=1S/C23H16F2N4O4.C2HF3O2/c1-33-22(31)28-21-26-18-9-6-12(10-19(18)27-21)23(32)15-5-3-2-4-14(15)20(30)29(23)13-7-8-16(24)17(25)11-13;3-2(4,5)1(6)7/h2-11,32H,1H3,(H2,26,27,28,31);(H,6,7). The molecule has 0 fully saturated rings.